The number of aliphatic hydroxyl groups is 1. The Hall–Kier alpha value is -0.120. The summed E-state index contributed by atoms with van der Waals surface area (Å²) >= 11 is 0. The van der Waals surface area contributed by atoms with E-state index in [-0.39, 0.29) is 0 Å². The fraction of sp³-hybridized carbons (Fsp3) is 1.00. The average Bonchev–Trinajstić information content (AvgIpc) is 2.29. The number of nitrogens with one attached hydrogen (secondary N) is 1. The van der Waals surface area contributed by atoms with Crippen LogP contribution < -0.4 is 5.32 Å². The first-order chi connectivity index (χ1) is 7.33. The van der Waals surface area contributed by atoms with Crippen molar-refractivity contribution in [3.05, 3.63) is 0 Å². The Morgan fingerprint density at radius 1 is 1.40 bits per heavy atom. The topological polar surface area (TPSA) is 41.5 Å². The summed E-state index contributed by atoms with van der Waals surface area (Å²) in [5.41, 5.74) is 0. The van der Waals surface area contributed by atoms with Crippen molar-refractivity contribution >= 4 is 0 Å². The Morgan fingerprint density at radius 2 is 2.13 bits per heavy atom. The van der Waals surface area contributed by atoms with Crippen LogP contribution in [-0.2, 0) is 4.74 Å². The van der Waals surface area contributed by atoms with Crippen molar-refractivity contribution in [1.82, 2.24) is 5.32 Å². The lowest BCUT2D eigenvalue weighted by Crippen LogP contribution is -2.28. The second kappa shape index (κ2) is 8.08. The first-order valence-electron chi connectivity index (χ1n) is 6.22. The molecule has 2 N–H and O–H groups in total. The third-order valence-electron chi connectivity index (χ3n) is 3.14. The van der Waals surface area contributed by atoms with Crippen molar-refractivity contribution < 1.29 is 9.84 Å². The van der Waals surface area contributed by atoms with Gasteiger partial charge in [-0.25, -0.2) is 0 Å². The zero-order chi connectivity index (χ0) is 10.9. The van der Waals surface area contributed by atoms with Crippen molar-refractivity contribution in [2.24, 2.45) is 11.8 Å². The van der Waals surface area contributed by atoms with Crippen molar-refractivity contribution in [3.63, 3.8) is 0 Å². The normalized spacial score (nSPS) is 20.4. The van der Waals surface area contributed by atoms with Crippen LogP contribution in [0.2, 0.25) is 0 Å². The molecule has 0 radical (unpaired) electrons. The maximum Gasteiger partial charge on any atom is 0.0469 e. The molecular weight excluding hydrogens is 190 g/mol. The van der Waals surface area contributed by atoms with Crippen LogP contribution >= 0.6 is 0 Å². The van der Waals surface area contributed by atoms with Gasteiger partial charge in [-0.2, -0.15) is 0 Å². The predicted octanol–water partition coefficient (Wildman–Crippen LogP) is 1.41. The Kier molecular flexibility index (Phi) is 6.98. The molecule has 1 aliphatic rings. The number of ether oxygens (including phenoxy) is 1. The van der Waals surface area contributed by atoms with Crippen LogP contribution in [0.5, 0.6) is 0 Å². The molecule has 0 aromatic heterocycles. The fourth-order valence-electron chi connectivity index (χ4n) is 1.92. The molecule has 3 nitrogen and oxygen atoms in total. The van der Waals surface area contributed by atoms with E-state index in [4.69, 9.17) is 9.84 Å². The van der Waals surface area contributed by atoms with Crippen molar-refractivity contribution in [2.75, 3.05) is 32.9 Å². The highest BCUT2D eigenvalue weighted by Crippen LogP contribution is 2.13. The number of aliphatic hydroxyl groups excluding tert-OH is 1. The zero-order valence-corrected chi connectivity index (χ0v) is 9.87. The maximum atomic E-state index is 8.86. The van der Waals surface area contributed by atoms with Crippen LogP contribution in [0.3, 0.4) is 0 Å². The molecule has 0 spiro atoms. The molecule has 0 saturated carbocycles. The van der Waals surface area contributed by atoms with E-state index in [1.54, 1.807) is 0 Å². The van der Waals surface area contributed by atoms with E-state index in [9.17, 15) is 0 Å². The summed E-state index contributed by atoms with van der Waals surface area (Å²) < 4.78 is 5.32. The van der Waals surface area contributed by atoms with E-state index in [1.165, 1.54) is 19.3 Å². The second-order valence-corrected chi connectivity index (χ2v) is 4.69. The number of rotatable bonds is 7. The first kappa shape index (κ1) is 12.9. The van der Waals surface area contributed by atoms with Gasteiger partial charge in [0.2, 0.25) is 0 Å². The van der Waals surface area contributed by atoms with E-state index >= 15 is 0 Å². The van der Waals surface area contributed by atoms with Gasteiger partial charge in [0.05, 0.1) is 0 Å². The van der Waals surface area contributed by atoms with Gasteiger partial charge in [-0.1, -0.05) is 6.92 Å². The summed E-state index contributed by atoms with van der Waals surface area (Å²) in [6.45, 7) is 6.51. The van der Waals surface area contributed by atoms with Gasteiger partial charge in [0.15, 0.2) is 0 Å². The molecule has 3 heteroatoms. The molecule has 90 valence electrons. The Morgan fingerprint density at radius 3 is 2.80 bits per heavy atom. The molecule has 15 heavy (non-hydrogen) atoms. The Balaban J connectivity index is 1.87. The molecule has 1 heterocycles. The van der Waals surface area contributed by atoms with E-state index in [0.29, 0.717) is 12.5 Å². The van der Waals surface area contributed by atoms with Crippen LogP contribution in [0.25, 0.3) is 0 Å². The van der Waals surface area contributed by atoms with Crippen LogP contribution in [0.15, 0.2) is 0 Å². The SMILES string of the molecule is CC(CO)CCCNCC1CCOCC1. The van der Waals surface area contributed by atoms with Gasteiger partial charge in [0.25, 0.3) is 0 Å². The highest BCUT2D eigenvalue weighted by molar-refractivity contribution is 4.66. The number of hydrogen-bond acceptors (Lipinski definition) is 3. The van der Waals surface area contributed by atoms with Gasteiger partial charge >= 0.3 is 0 Å². The van der Waals surface area contributed by atoms with Gasteiger partial charge in [0, 0.05) is 19.8 Å². The summed E-state index contributed by atoms with van der Waals surface area (Å²) in [5.74, 6) is 1.27. The van der Waals surface area contributed by atoms with Crippen LogP contribution in [0.4, 0.5) is 0 Å². The van der Waals surface area contributed by atoms with Crippen molar-refractivity contribution in [2.45, 2.75) is 32.6 Å². The van der Waals surface area contributed by atoms with Crippen molar-refractivity contribution in [1.29, 1.82) is 0 Å². The summed E-state index contributed by atoms with van der Waals surface area (Å²) in [7, 11) is 0. The molecule has 0 aromatic carbocycles. The molecule has 0 aliphatic carbocycles. The van der Waals surface area contributed by atoms with Gasteiger partial charge in [-0.05, 0) is 50.6 Å². The third-order valence-corrected chi connectivity index (χ3v) is 3.14. The van der Waals surface area contributed by atoms with Crippen LogP contribution in [0.1, 0.15) is 32.6 Å². The van der Waals surface area contributed by atoms with Crippen molar-refractivity contribution in [3.8, 4) is 0 Å². The fourth-order valence-corrected chi connectivity index (χ4v) is 1.92. The third kappa shape index (κ3) is 6.13. The van der Waals surface area contributed by atoms with Gasteiger partial charge in [-0.15, -0.1) is 0 Å². The lowest BCUT2D eigenvalue weighted by atomic mass is 10.0. The standard InChI is InChI=1S/C12H25NO2/c1-11(10-14)3-2-6-13-9-12-4-7-15-8-5-12/h11-14H,2-10H2,1H3. The smallest absolute Gasteiger partial charge is 0.0469 e. The summed E-state index contributed by atoms with van der Waals surface area (Å²) in [6, 6.07) is 0. The summed E-state index contributed by atoms with van der Waals surface area (Å²) in [4.78, 5) is 0. The highest BCUT2D eigenvalue weighted by atomic mass is 16.5. The molecule has 1 rings (SSSR count). The number of hydrogen-bond donors (Lipinski definition) is 2. The lowest BCUT2D eigenvalue weighted by Gasteiger charge is -2.22. The molecule has 1 aliphatic heterocycles. The Labute approximate surface area is 93.2 Å². The summed E-state index contributed by atoms with van der Waals surface area (Å²) in [5, 5.41) is 12.4. The molecule has 0 bridgehead atoms. The lowest BCUT2D eigenvalue weighted by molar-refractivity contribution is 0.0663. The molecule has 1 unspecified atom stereocenters. The molecule has 0 amide bonds. The minimum atomic E-state index is 0.319. The maximum absolute atomic E-state index is 8.86. The monoisotopic (exact) mass is 215 g/mol. The molecule has 0 aromatic rings. The van der Waals surface area contributed by atoms with Crippen LogP contribution in [0, 0.1) is 11.8 Å². The zero-order valence-electron chi connectivity index (χ0n) is 9.87. The van der Waals surface area contributed by atoms with Gasteiger partial charge in [-0.3, -0.25) is 0 Å². The van der Waals surface area contributed by atoms with Crippen LogP contribution in [-0.4, -0.2) is 38.0 Å². The minimum Gasteiger partial charge on any atom is -0.396 e. The predicted molar refractivity (Wildman–Crippen MR) is 61.9 cm³/mol. The largest absolute Gasteiger partial charge is 0.396 e. The second-order valence-electron chi connectivity index (χ2n) is 4.69. The first-order valence-corrected chi connectivity index (χ1v) is 6.22. The van der Waals surface area contributed by atoms with E-state index < -0.39 is 0 Å². The highest BCUT2D eigenvalue weighted by Gasteiger charge is 2.12. The minimum absolute atomic E-state index is 0.319. The molecule has 1 saturated heterocycles. The van der Waals surface area contributed by atoms with E-state index in [1.807, 2.05) is 0 Å². The molecule has 1 atom stereocenters. The Bertz CT molecular complexity index is 147. The summed E-state index contributed by atoms with van der Waals surface area (Å²) in [6.07, 6.45) is 4.71. The van der Waals surface area contributed by atoms with Gasteiger partial charge < -0.3 is 15.2 Å². The average molecular weight is 215 g/mol. The molecular formula is C12H25NO2. The van der Waals surface area contributed by atoms with Gasteiger partial charge in [0.1, 0.15) is 0 Å². The molecule has 1 fully saturated rings. The van der Waals surface area contributed by atoms with E-state index in [2.05, 4.69) is 12.2 Å². The quantitative estimate of drug-likeness (QED) is 0.631. The van der Waals surface area contributed by atoms with E-state index in [0.717, 1.165) is 38.6 Å².